The monoisotopic (exact) mass is 321 g/mol. The summed E-state index contributed by atoms with van der Waals surface area (Å²) in [6, 6.07) is 0. The van der Waals surface area contributed by atoms with Gasteiger partial charge in [-0.1, -0.05) is 25.9 Å². The van der Waals surface area contributed by atoms with E-state index in [9.17, 15) is 18.3 Å². The first-order valence-corrected chi connectivity index (χ1v) is 7.37. The van der Waals surface area contributed by atoms with Crippen molar-refractivity contribution < 1.29 is 22.8 Å². The highest BCUT2D eigenvalue weighted by Gasteiger charge is 2.44. The summed E-state index contributed by atoms with van der Waals surface area (Å²) in [5.74, 6) is 0.358. The first-order valence-electron chi connectivity index (χ1n) is 7.37. The van der Waals surface area contributed by atoms with Gasteiger partial charge in [0, 0.05) is 5.41 Å². The van der Waals surface area contributed by atoms with E-state index in [1.54, 1.807) is 0 Å². The van der Waals surface area contributed by atoms with Crippen molar-refractivity contribution in [2.24, 2.45) is 5.92 Å². The Morgan fingerprint density at radius 3 is 2.32 bits per heavy atom. The number of nitrogens with zero attached hydrogens (tertiary/aromatic N) is 3. The van der Waals surface area contributed by atoms with Gasteiger partial charge in [0.2, 0.25) is 5.89 Å². The van der Waals surface area contributed by atoms with Crippen molar-refractivity contribution in [1.82, 2.24) is 15.0 Å². The predicted octanol–water partition coefficient (Wildman–Crippen LogP) is 2.50. The second-order valence-electron chi connectivity index (χ2n) is 6.87. The third-order valence-corrected chi connectivity index (χ3v) is 3.89. The quantitative estimate of drug-likeness (QED) is 0.927. The van der Waals surface area contributed by atoms with E-state index >= 15 is 0 Å². The molecule has 1 aromatic heterocycles. The van der Waals surface area contributed by atoms with Crippen LogP contribution in [-0.4, -0.2) is 45.5 Å². The summed E-state index contributed by atoms with van der Waals surface area (Å²) in [6.45, 7) is 7.32. The van der Waals surface area contributed by atoms with Gasteiger partial charge in [-0.15, -0.1) is 0 Å². The molecule has 2 heterocycles. The van der Waals surface area contributed by atoms with Crippen LogP contribution < -0.4 is 0 Å². The van der Waals surface area contributed by atoms with Gasteiger partial charge in [0.1, 0.15) is 0 Å². The fourth-order valence-corrected chi connectivity index (χ4v) is 2.52. The minimum absolute atomic E-state index is 0.227. The van der Waals surface area contributed by atoms with E-state index in [1.807, 2.05) is 25.7 Å². The Hall–Kier alpha value is -1.15. The lowest BCUT2D eigenvalue weighted by Crippen LogP contribution is -2.43. The van der Waals surface area contributed by atoms with Gasteiger partial charge in [-0.2, -0.15) is 18.2 Å². The predicted molar refractivity (Wildman–Crippen MR) is 73.1 cm³/mol. The molecule has 0 aromatic carbocycles. The van der Waals surface area contributed by atoms with Gasteiger partial charge < -0.3 is 9.63 Å². The minimum atomic E-state index is -4.54. The molecule has 0 bridgehead atoms. The number of hydrogen-bond donors (Lipinski definition) is 1. The Morgan fingerprint density at radius 1 is 1.27 bits per heavy atom. The van der Waals surface area contributed by atoms with Gasteiger partial charge in [-0.3, -0.25) is 4.90 Å². The number of hydrogen-bond acceptors (Lipinski definition) is 5. The second-order valence-corrected chi connectivity index (χ2v) is 6.87. The van der Waals surface area contributed by atoms with Gasteiger partial charge in [0.05, 0.1) is 6.54 Å². The molecule has 126 valence electrons. The summed E-state index contributed by atoms with van der Waals surface area (Å²) in [6.07, 6.45) is -6.15. The lowest BCUT2D eigenvalue weighted by Gasteiger charge is -2.34. The largest absolute Gasteiger partial charge is 0.414 e. The SMILES string of the molecule is CC(C)(C)c1nc(CN2CCC(C(O)C(F)(F)F)CC2)no1. The van der Waals surface area contributed by atoms with Crippen molar-refractivity contribution >= 4 is 0 Å². The van der Waals surface area contributed by atoms with Gasteiger partial charge in [0.15, 0.2) is 11.9 Å². The zero-order valence-electron chi connectivity index (χ0n) is 13.0. The molecule has 1 aromatic rings. The minimum Gasteiger partial charge on any atom is -0.383 e. The third kappa shape index (κ3) is 4.19. The molecule has 1 aliphatic rings. The molecular weight excluding hydrogens is 299 g/mol. The number of halogens is 3. The van der Waals surface area contributed by atoms with Crippen LogP contribution in [0.15, 0.2) is 4.52 Å². The number of aromatic nitrogens is 2. The fraction of sp³-hybridized carbons (Fsp3) is 0.857. The molecule has 0 aliphatic carbocycles. The molecule has 1 N–H and O–H groups in total. The van der Waals surface area contributed by atoms with E-state index in [0.29, 0.717) is 44.2 Å². The van der Waals surface area contributed by atoms with Gasteiger partial charge >= 0.3 is 6.18 Å². The molecule has 8 heteroatoms. The van der Waals surface area contributed by atoms with Crippen molar-refractivity contribution in [2.45, 2.75) is 57.9 Å². The average molecular weight is 321 g/mol. The summed E-state index contributed by atoms with van der Waals surface area (Å²) in [4.78, 5) is 6.30. The first-order chi connectivity index (χ1) is 10.1. The van der Waals surface area contributed by atoms with Crippen molar-refractivity contribution in [3.05, 3.63) is 11.7 Å². The summed E-state index contributed by atoms with van der Waals surface area (Å²) in [5.41, 5.74) is -0.227. The van der Waals surface area contributed by atoms with Crippen LogP contribution in [0.4, 0.5) is 13.2 Å². The molecule has 1 fully saturated rings. The smallest absolute Gasteiger partial charge is 0.383 e. The Morgan fingerprint density at radius 2 is 1.86 bits per heavy atom. The molecule has 22 heavy (non-hydrogen) atoms. The van der Waals surface area contributed by atoms with E-state index < -0.39 is 18.2 Å². The Kier molecular flexibility index (Phi) is 4.81. The highest BCUT2D eigenvalue weighted by molar-refractivity contribution is 4.98. The van der Waals surface area contributed by atoms with Crippen molar-refractivity contribution in [3.8, 4) is 0 Å². The second kappa shape index (κ2) is 6.16. The number of likely N-dealkylation sites (tertiary alicyclic amines) is 1. The Labute approximate surface area is 127 Å². The number of aliphatic hydroxyl groups is 1. The maximum atomic E-state index is 12.5. The van der Waals surface area contributed by atoms with Crippen LogP contribution in [0.1, 0.15) is 45.3 Å². The molecule has 1 unspecified atom stereocenters. The average Bonchev–Trinajstić information content (AvgIpc) is 2.86. The van der Waals surface area contributed by atoms with Crippen molar-refractivity contribution in [2.75, 3.05) is 13.1 Å². The number of aliphatic hydroxyl groups excluding tert-OH is 1. The molecule has 5 nitrogen and oxygen atoms in total. The topological polar surface area (TPSA) is 62.4 Å². The molecule has 0 saturated carbocycles. The van der Waals surface area contributed by atoms with Crippen molar-refractivity contribution in [1.29, 1.82) is 0 Å². The molecular formula is C14H22F3N3O2. The Bertz CT molecular complexity index is 488. The maximum absolute atomic E-state index is 12.5. The van der Waals surface area contributed by atoms with Crippen LogP contribution >= 0.6 is 0 Å². The van der Waals surface area contributed by atoms with Gasteiger partial charge in [-0.25, -0.2) is 0 Å². The van der Waals surface area contributed by atoms with Crippen LogP contribution in [0, 0.1) is 5.92 Å². The normalized spacial score (nSPS) is 20.3. The molecule has 1 atom stereocenters. The summed E-state index contributed by atoms with van der Waals surface area (Å²) >= 11 is 0. The van der Waals surface area contributed by atoms with Crippen molar-refractivity contribution in [3.63, 3.8) is 0 Å². The molecule has 2 rings (SSSR count). The van der Waals surface area contributed by atoms with Crippen LogP contribution in [-0.2, 0) is 12.0 Å². The standard InChI is InChI=1S/C14H22F3N3O2/c1-13(2,3)12-18-10(19-22-12)8-20-6-4-9(5-7-20)11(21)14(15,16)17/h9,11,21H,4-8H2,1-3H3. The summed E-state index contributed by atoms with van der Waals surface area (Å²) in [7, 11) is 0. The lowest BCUT2D eigenvalue weighted by molar-refractivity contribution is -0.223. The van der Waals surface area contributed by atoms with E-state index in [1.165, 1.54) is 0 Å². The summed E-state index contributed by atoms with van der Waals surface area (Å²) in [5, 5.41) is 13.2. The zero-order valence-corrected chi connectivity index (χ0v) is 13.0. The molecule has 0 amide bonds. The molecule has 0 spiro atoms. The highest BCUT2D eigenvalue weighted by atomic mass is 19.4. The lowest BCUT2D eigenvalue weighted by atomic mass is 9.91. The van der Waals surface area contributed by atoms with Crippen LogP contribution in [0.3, 0.4) is 0 Å². The maximum Gasteiger partial charge on any atom is 0.414 e. The van der Waals surface area contributed by atoms with Crippen LogP contribution in [0.5, 0.6) is 0 Å². The van der Waals surface area contributed by atoms with Gasteiger partial charge in [0.25, 0.3) is 0 Å². The number of rotatable bonds is 3. The van der Waals surface area contributed by atoms with E-state index in [-0.39, 0.29) is 5.41 Å². The van der Waals surface area contributed by atoms with Crippen LogP contribution in [0.25, 0.3) is 0 Å². The molecule has 1 saturated heterocycles. The van der Waals surface area contributed by atoms with E-state index in [4.69, 9.17) is 4.52 Å². The Balaban J connectivity index is 1.86. The van der Waals surface area contributed by atoms with Crippen LogP contribution in [0.2, 0.25) is 0 Å². The van der Waals surface area contributed by atoms with Gasteiger partial charge in [-0.05, 0) is 31.8 Å². The van der Waals surface area contributed by atoms with E-state index in [0.717, 1.165) is 0 Å². The highest BCUT2D eigenvalue weighted by Crippen LogP contribution is 2.31. The molecule has 0 radical (unpaired) electrons. The van der Waals surface area contributed by atoms with E-state index in [2.05, 4.69) is 10.1 Å². The fourth-order valence-electron chi connectivity index (χ4n) is 2.52. The summed E-state index contributed by atoms with van der Waals surface area (Å²) < 4.78 is 42.7. The number of alkyl halides is 3. The number of piperidine rings is 1. The third-order valence-electron chi connectivity index (χ3n) is 3.89. The molecule has 1 aliphatic heterocycles. The first kappa shape index (κ1) is 17.2. The zero-order chi connectivity index (χ0) is 16.5.